The van der Waals surface area contributed by atoms with Gasteiger partial charge in [-0.3, -0.25) is 0 Å². The highest BCUT2D eigenvalue weighted by Crippen LogP contribution is 2.32. The Balaban J connectivity index is 2.19. The van der Waals surface area contributed by atoms with Crippen molar-refractivity contribution in [3.63, 3.8) is 0 Å². The van der Waals surface area contributed by atoms with E-state index in [1.165, 1.54) is 0 Å². The van der Waals surface area contributed by atoms with Gasteiger partial charge in [0.05, 0.1) is 18.0 Å². The van der Waals surface area contributed by atoms with Crippen molar-refractivity contribution in [2.45, 2.75) is 18.9 Å². The molecule has 4 nitrogen and oxygen atoms in total. The Kier molecular flexibility index (Phi) is 2.43. The first kappa shape index (κ1) is 9.12. The first-order chi connectivity index (χ1) is 6.83. The summed E-state index contributed by atoms with van der Waals surface area (Å²) in [6.45, 7) is 0. The van der Waals surface area contributed by atoms with Crippen LogP contribution < -0.4 is 15.4 Å². The van der Waals surface area contributed by atoms with Crippen molar-refractivity contribution >= 4 is 11.5 Å². The number of hydrogen-bond donors (Lipinski definition) is 2. The number of hydrogen-bond acceptors (Lipinski definition) is 4. The third-order valence-electron chi connectivity index (χ3n) is 2.21. The summed E-state index contributed by atoms with van der Waals surface area (Å²) in [5.41, 5.74) is 0.983. The zero-order valence-electron chi connectivity index (χ0n) is 8.50. The molecule has 1 heterocycles. The standard InChI is InChI=1S/C10H15N3O/c1-11-8-5-10(12-2)13-6-9(8)14-7-3-4-7/h5-7H,3-4H2,1-2H3,(H2,11,12,13). The lowest BCUT2D eigenvalue weighted by Gasteiger charge is -2.11. The van der Waals surface area contributed by atoms with E-state index < -0.39 is 0 Å². The molecule has 0 atom stereocenters. The lowest BCUT2D eigenvalue weighted by molar-refractivity contribution is 0.303. The molecule has 1 fully saturated rings. The van der Waals surface area contributed by atoms with Crippen LogP contribution in [-0.2, 0) is 0 Å². The molecule has 2 N–H and O–H groups in total. The van der Waals surface area contributed by atoms with Crippen LogP contribution in [0.4, 0.5) is 11.5 Å². The summed E-state index contributed by atoms with van der Waals surface area (Å²) >= 11 is 0. The first-order valence-corrected chi connectivity index (χ1v) is 4.85. The minimum absolute atomic E-state index is 0.407. The van der Waals surface area contributed by atoms with Crippen LogP contribution in [-0.4, -0.2) is 25.2 Å². The summed E-state index contributed by atoms with van der Waals surface area (Å²) in [5, 5.41) is 6.09. The fourth-order valence-corrected chi connectivity index (χ4v) is 1.23. The van der Waals surface area contributed by atoms with Crippen molar-refractivity contribution in [3.8, 4) is 5.75 Å². The zero-order chi connectivity index (χ0) is 9.97. The van der Waals surface area contributed by atoms with E-state index in [2.05, 4.69) is 15.6 Å². The van der Waals surface area contributed by atoms with Crippen molar-refractivity contribution in [1.82, 2.24) is 4.98 Å². The molecule has 14 heavy (non-hydrogen) atoms. The molecule has 0 radical (unpaired) electrons. The lowest BCUT2D eigenvalue weighted by atomic mass is 10.3. The molecule has 1 aromatic heterocycles. The van der Waals surface area contributed by atoms with Gasteiger partial charge in [-0.1, -0.05) is 0 Å². The molecule has 76 valence electrons. The fourth-order valence-electron chi connectivity index (χ4n) is 1.23. The van der Waals surface area contributed by atoms with E-state index in [1.807, 2.05) is 20.2 Å². The third-order valence-corrected chi connectivity index (χ3v) is 2.21. The van der Waals surface area contributed by atoms with Gasteiger partial charge < -0.3 is 15.4 Å². The van der Waals surface area contributed by atoms with Gasteiger partial charge in [0.1, 0.15) is 5.82 Å². The second-order valence-corrected chi connectivity index (χ2v) is 3.38. The van der Waals surface area contributed by atoms with Crippen molar-refractivity contribution in [3.05, 3.63) is 12.3 Å². The van der Waals surface area contributed by atoms with Crippen LogP contribution in [0, 0.1) is 0 Å². The molecule has 0 bridgehead atoms. The van der Waals surface area contributed by atoms with E-state index in [0.717, 1.165) is 30.1 Å². The maximum absolute atomic E-state index is 5.69. The Morgan fingerprint density at radius 3 is 2.71 bits per heavy atom. The predicted molar refractivity (Wildman–Crippen MR) is 57.0 cm³/mol. The van der Waals surface area contributed by atoms with E-state index >= 15 is 0 Å². The average molecular weight is 193 g/mol. The molecule has 2 rings (SSSR count). The Labute approximate surface area is 83.7 Å². The number of rotatable bonds is 4. The summed E-state index contributed by atoms with van der Waals surface area (Å²) in [4.78, 5) is 4.21. The van der Waals surface area contributed by atoms with Gasteiger partial charge in [-0.25, -0.2) is 4.98 Å². The quantitative estimate of drug-likeness (QED) is 0.764. The van der Waals surface area contributed by atoms with Gasteiger partial charge in [0.25, 0.3) is 0 Å². The second-order valence-electron chi connectivity index (χ2n) is 3.38. The van der Waals surface area contributed by atoms with Crippen molar-refractivity contribution in [2.24, 2.45) is 0 Å². The number of nitrogens with zero attached hydrogens (tertiary/aromatic N) is 1. The molecule has 1 saturated carbocycles. The van der Waals surface area contributed by atoms with E-state index in [4.69, 9.17) is 4.74 Å². The molecule has 0 aromatic carbocycles. The highest BCUT2D eigenvalue weighted by Gasteiger charge is 2.24. The monoisotopic (exact) mass is 193 g/mol. The van der Waals surface area contributed by atoms with Gasteiger partial charge in [0, 0.05) is 20.2 Å². The van der Waals surface area contributed by atoms with E-state index in [0.29, 0.717) is 6.10 Å². The van der Waals surface area contributed by atoms with Crippen molar-refractivity contribution in [2.75, 3.05) is 24.7 Å². The van der Waals surface area contributed by atoms with Gasteiger partial charge in [0.15, 0.2) is 5.75 Å². The fraction of sp³-hybridized carbons (Fsp3) is 0.500. The lowest BCUT2D eigenvalue weighted by Crippen LogP contribution is -2.02. The Hall–Kier alpha value is -1.45. The van der Waals surface area contributed by atoms with Crippen LogP contribution in [0.2, 0.25) is 0 Å². The summed E-state index contributed by atoms with van der Waals surface area (Å²) in [5.74, 6) is 1.69. The second kappa shape index (κ2) is 3.74. The van der Waals surface area contributed by atoms with Gasteiger partial charge in [0.2, 0.25) is 0 Å². The highest BCUT2D eigenvalue weighted by molar-refractivity contribution is 5.60. The largest absolute Gasteiger partial charge is 0.487 e. The Morgan fingerprint density at radius 2 is 2.14 bits per heavy atom. The number of anilines is 2. The Morgan fingerprint density at radius 1 is 1.36 bits per heavy atom. The van der Waals surface area contributed by atoms with Crippen molar-refractivity contribution < 1.29 is 4.74 Å². The van der Waals surface area contributed by atoms with Crippen LogP contribution in [0.25, 0.3) is 0 Å². The molecule has 1 aliphatic carbocycles. The van der Waals surface area contributed by atoms with E-state index in [9.17, 15) is 0 Å². The smallest absolute Gasteiger partial charge is 0.161 e. The molecule has 0 aliphatic heterocycles. The molecule has 1 aromatic rings. The topological polar surface area (TPSA) is 46.2 Å². The molecular formula is C10H15N3O. The average Bonchev–Trinajstić information content (AvgIpc) is 3.02. The molecule has 0 amide bonds. The van der Waals surface area contributed by atoms with Crippen LogP contribution in [0.1, 0.15) is 12.8 Å². The molecule has 4 heteroatoms. The van der Waals surface area contributed by atoms with Gasteiger partial charge in [-0.05, 0) is 12.8 Å². The SMILES string of the molecule is CNc1cc(NC)c(OC2CC2)cn1. The first-order valence-electron chi connectivity index (χ1n) is 4.85. The molecular weight excluding hydrogens is 178 g/mol. The van der Waals surface area contributed by atoms with Gasteiger partial charge in [-0.2, -0.15) is 0 Å². The predicted octanol–water partition coefficient (Wildman–Crippen LogP) is 1.71. The molecule has 0 unspecified atom stereocenters. The van der Waals surface area contributed by atoms with E-state index in [1.54, 1.807) is 6.20 Å². The number of ether oxygens (including phenoxy) is 1. The summed E-state index contributed by atoms with van der Waals surface area (Å²) in [7, 11) is 3.73. The van der Waals surface area contributed by atoms with Crippen molar-refractivity contribution in [1.29, 1.82) is 0 Å². The minimum Gasteiger partial charge on any atom is -0.487 e. The highest BCUT2D eigenvalue weighted by atomic mass is 16.5. The number of pyridine rings is 1. The Bertz CT molecular complexity index is 323. The maximum atomic E-state index is 5.69. The minimum atomic E-state index is 0.407. The molecule has 1 aliphatic rings. The van der Waals surface area contributed by atoms with Gasteiger partial charge in [-0.15, -0.1) is 0 Å². The van der Waals surface area contributed by atoms with Crippen LogP contribution in [0.15, 0.2) is 12.3 Å². The van der Waals surface area contributed by atoms with Crippen LogP contribution >= 0.6 is 0 Å². The maximum Gasteiger partial charge on any atom is 0.161 e. The number of nitrogens with one attached hydrogen (secondary N) is 2. The summed E-state index contributed by atoms with van der Waals surface area (Å²) < 4.78 is 5.69. The van der Waals surface area contributed by atoms with E-state index in [-0.39, 0.29) is 0 Å². The van der Waals surface area contributed by atoms with Crippen LogP contribution in [0.5, 0.6) is 5.75 Å². The number of aromatic nitrogens is 1. The van der Waals surface area contributed by atoms with Crippen LogP contribution in [0.3, 0.4) is 0 Å². The normalized spacial score (nSPS) is 15.0. The summed E-state index contributed by atoms with van der Waals surface area (Å²) in [6, 6.07) is 1.94. The molecule has 0 spiro atoms. The third kappa shape index (κ3) is 1.89. The molecule has 0 saturated heterocycles. The summed E-state index contributed by atoms with van der Waals surface area (Å²) in [6.07, 6.45) is 4.49. The van der Waals surface area contributed by atoms with Gasteiger partial charge >= 0.3 is 0 Å². The zero-order valence-corrected chi connectivity index (χ0v) is 8.50.